The van der Waals surface area contributed by atoms with Crippen LogP contribution in [-0.4, -0.2) is 87.1 Å². The molecule has 13 nitrogen and oxygen atoms in total. The van der Waals surface area contributed by atoms with E-state index in [1.807, 2.05) is 0 Å². The molecule has 0 spiro atoms. The Morgan fingerprint density at radius 3 is 2.19 bits per heavy atom. The first-order chi connectivity index (χ1) is 14.5. The molecule has 0 saturated carbocycles. The van der Waals surface area contributed by atoms with E-state index in [4.69, 9.17) is 16.6 Å². The number of likely N-dealkylation sites (tertiary alicyclic amines) is 1. The maximum atomic E-state index is 12.7. The van der Waals surface area contributed by atoms with Crippen molar-refractivity contribution >= 4 is 48.2 Å². The molecule has 14 heteroatoms. The van der Waals surface area contributed by atoms with Crippen LogP contribution in [0.1, 0.15) is 32.1 Å². The van der Waals surface area contributed by atoms with Crippen molar-refractivity contribution in [3.63, 3.8) is 0 Å². The summed E-state index contributed by atoms with van der Waals surface area (Å²) >= 11 is 3.98. The van der Waals surface area contributed by atoms with Crippen LogP contribution < -0.4 is 22.1 Å². The zero-order chi connectivity index (χ0) is 23.7. The van der Waals surface area contributed by atoms with Gasteiger partial charge in [0.25, 0.3) is 0 Å². The fraction of sp³-hybridized carbons (Fsp3) is 0.647. The van der Waals surface area contributed by atoms with Crippen LogP contribution in [0.4, 0.5) is 0 Å². The van der Waals surface area contributed by atoms with Crippen LogP contribution in [0, 0.1) is 0 Å². The second-order valence-corrected chi connectivity index (χ2v) is 7.41. The van der Waals surface area contributed by atoms with Gasteiger partial charge in [0, 0.05) is 18.7 Å². The molecule has 174 valence electrons. The van der Waals surface area contributed by atoms with Gasteiger partial charge in [0.05, 0.1) is 12.5 Å². The number of carboxylic acids is 2. The van der Waals surface area contributed by atoms with E-state index in [2.05, 4.69) is 23.3 Å². The number of amides is 4. The van der Waals surface area contributed by atoms with Gasteiger partial charge in [0.2, 0.25) is 23.6 Å². The third-order valence-corrected chi connectivity index (χ3v) is 5.03. The predicted molar refractivity (Wildman–Crippen MR) is 109 cm³/mol. The van der Waals surface area contributed by atoms with E-state index >= 15 is 0 Å². The number of thiol groups is 1. The Bertz CT molecular complexity index is 733. The van der Waals surface area contributed by atoms with E-state index in [1.165, 1.54) is 0 Å². The topological polar surface area (TPSA) is 222 Å². The van der Waals surface area contributed by atoms with Gasteiger partial charge in [0.1, 0.15) is 18.1 Å². The van der Waals surface area contributed by atoms with Gasteiger partial charge in [-0.15, -0.1) is 0 Å². The van der Waals surface area contributed by atoms with Crippen LogP contribution in [0.15, 0.2) is 0 Å². The average molecular weight is 461 g/mol. The summed E-state index contributed by atoms with van der Waals surface area (Å²) in [6.07, 6.45) is -0.323. The molecular weight excluding hydrogens is 434 g/mol. The first-order valence-corrected chi connectivity index (χ1v) is 10.1. The summed E-state index contributed by atoms with van der Waals surface area (Å²) in [5.41, 5.74) is 10.6. The number of nitrogens with zero attached hydrogens (tertiary/aromatic N) is 1. The minimum Gasteiger partial charge on any atom is -0.481 e. The number of primary amides is 1. The van der Waals surface area contributed by atoms with Gasteiger partial charge in [-0.05, 0) is 19.3 Å². The van der Waals surface area contributed by atoms with Crippen molar-refractivity contribution in [1.82, 2.24) is 15.5 Å². The van der Waals surface area contributed by atoms with Crippen molar-refractivity contribution in [3.05, 3.63) is 0 Å². The number of carbonyl (C=O) groups is 6. The molecule has 1 saturated heterocycles. The highest BCUT2D eigenvalue weighted by molar-refractivity contribution is 7.80. The van der Waals surface area contributed by atoms with Crippen molar-refractivity contribution in [2.24, 2.45) is 11.5 Å². The van der Waals surface area contributed by atoms with Gasteiger partial charge in [-0.25, -0.2) is 4.79 Å². The summed E-state index contributed by atoms with van der Waals surface area (Å²) in [6, 6.07) is -5.02. The number of carbonyl (C=O) groups excluding carboxylic acids is 4. The van der Waals surface area contributed by atoms with Crippen LogP contribution >= 0.6 is 12.6 Å². The lowest BCUT2D eigenvalue weighted by atomic mass is 10.1. The highest BCUT2D eigenvalue weighted by atomic mass is 32.1. The molecule has 0 radical (unpaired) electrons. The fourth-order valence-electron chi connectivity index (χ4n) is 3.04. The van der Waals surface area contributed by atoms with Crippen molar-refractivity contribution in [2.75, 3.05) is 12.3 Å². The minimum absolute atomic E-state index is 0.0479. The van der Waals surface area contributed by atoms with Gasteiger partial charge in [-0.2, -0.15) is 12.6 Å². The van der Waals surface area contributed by atoms with Crippen LogP contribution in [-0.2, 0) is 28.8 Å². The Kier molecular flexibility index (Phi) is 10.2. The predicted octanol–water partition coefficient (Wildman–Crippen LogP) is -2.97. The first-order valence-electron chi connectivity index (χ1n) is 9.48. The molecule has 8 N–H and O–H groups in total. The van der Waals surface area contributed by atoms with E-state index in [1.54, 1.807) is 0 Å². The molecule has 1 aliphatic heterocycles. The molecule has 1 rings (SSSR count). The molecule has 4 unspecified atom stereocenters. The second kappa shape index (κ2) is 12.1. The van der Waals surface area contributed by atoms with Crippen LogP contribution in [0.2, 0.25) is 0 Å². The van der Waals surface area contributed by atoms with Gasteiger partial charge in [0.15, 0.2) is 0 Å². The summed E-state index contributed by atoms with van der Waals surface area (Å²) in [5.74, 6) is -5.96. The van der Waals surface area contributed by atoms with Crippen molar-refractivity contribution in [3.8, 4) is 0 Å². The molecule has 4 amide bonds. The van der Waals surface area contributed by atoms with Crippen molar-refractivity contribution < 1.29 is 39.0 Å². The molecule has 4 atom stereocenters. The van der Waals surface area contributed by atoms with Crippen molar-refractivity contribution in [2.45, 2.75) is 56.3 Å². The number of hydrogen-bond acceptors (Lipinski definition) is 8. The van der Waals surface area contributed by atoms with Crippen LogP contribution in [0.3, 0.4) is 0 Å². The number of nitrogens with one attached hydrogen (secondary N) is 2. The molecular formula is C17H27N5O8S. The Morgan fingerprint density at radius 2 is 1.68 bits per heavy atom. The normalized spacial score (nSPS) is 18.5. The third kappa shape index (κ3) is 8.05. The molecule has 1 heterocycles. The average Bonchev–Trinajstić information content (AvgIpc) is 3.18. The summed E-state index contributed by atoms with van der Waals surface area (Å²) in [7, 11) is 0. The molecule has 0 aromatic rings. The Labute approximate surface area is 183 Å². The number of rotatable bonds is 12. The molecule has 0 aliphatic carbocycles. The Hall–Kier alpha value is -2.87. The minimum atomic E-state index is -1.53. The molecule has 0 aromatic carbocycles. The van der Waals surface area contributed by atoms with E-state index in [-0.39, 0.29) is 31.6 Å². The number of hydrogen-bond donors (Lipinski definition) is 7. The standard InChI is InChI=1S/C17H27N5O8S/c18-8(3-4-12(19)23)14(26)21-10(7-31)15(27)20-9(6-13(24)25)16(28)22-5-1-2-11(22)17(29)30/h8-11,31H,1-7,18H2,(H2,19,23)(H,20,27)(H,21,26)(H,24,25)(H,29,30). The molecule has 31 heavy (non-hydrogen) atoms. The van der Waals surface area contributed by atoms with E-state index in [0.717, 1.165) is 4.90 Å². The fourth-order valence-corrected chi connectivity index (χ4v) is 3.29. The van der Waals surface area contributed by atoms with Gasteiger partial charge in [-0.1, -0.05) is 0 Å². The number of aliphatic carboxylic acids is 2. The summed E-state index contributed by atoms with van der Waals surface area (Å²) in [4.78, 5) is 71.7. The number of nitrogens with two attached hydrogens (primary N) is 2. The molecule has 1 fully saturated rings. The molecule has 0 bridgehead atoms. The van der Waals surface area contributed by atoms with E-state index in [9.17, 15) is 33.9 Å². The second-order valence-electron chi connectivity index (χ2n) is 7.04. The lowest BCUT2D eigenvalue weighted by molar-refractivity contribution is -0.150. The lowest BCUT2D eigenvalue weighted by Crippen LogP contribution is -2.58. The highest BCUT2D eigenvalue weighted by Gasteiger charge is 2.39. The summed E-state index contributed by atoms with van der Waals surface area (Å²) in [5, 5.41) is 22.9. The lowest BCUT2D eigenvalue weighted by Gasteiger charge is -2.28. The van der Waals surface area contributed by atoms with E-state index in [0.29, 0.717) is 6.42 Å². The Balaban J connectivity index is 2.85. The quantitative estimate of drug-likeness (QED) is 0.147. The van der Waals surface area contributed by atoms with Gasteiger partial charge >= 0.3 is 11.9 Å². The largest absolute Gasteiger partial charge is 0.481 e. The van der Waals surface area contributed by atoms with Crippen LogP contribution in [0.25, 0.3) is 0 Å². The van der Waals surface area contributed by atoms with Crippen molar-refractivity contribution in [1.29, 1.82) is 0 Å². The number of carboxylic acid groups (broad SMARTS) is 2. The monoisotopic (exact) mass is 461 g/mol. The van der Waals surface area contributed by atoms with Crippen LogP contribution in [0.5, 0.6) is 0 Å². The molecule has 0 aromatic heterocycles. The summed E-state index contributed by atoms with van der Waals surface area (Å²) < 4.78 is 0. The SMILES string of the molecule is NC(=O)CCC(N)C(=O)NC(CS)C(=O)NC(CC(=O)O)C(=O)N1CCCC1C(=O)O. The summed E-state index contributed by atoms with van der Waals surface area (Å²) in [6.45, 7) is 0.114. The first kappa shape index (κ1) is 26.2. The maximum absolute atomic E-state index is 12.7. The molecule has 1 aliphatic rings. The zero-order valence-electron chi connectivity index (χ0n) is 16.7. The Morgan fingerprint density at radius 1 is 1.06 bits per heavy atom. The highest BCUT2D eigenvalue weighted by Crippen LogP contribution is 2.19. The third-order valence-electron chi connectivity index (χ3n) is 4.67. The van der Waals surface area contributed by atoms with Gasteiger partial charge < -0.3 is 37.2 Å². The maximum Gasteiger partial charge on any atom is 0.326 e. The van der Waals surface area contributed by atoms with E-state index < -0.39 is 66.2 Å². The van der Waals surface area contributed by atoms with Gasteiger partial charge in [-0.3, -0.25) is 24.0 Å². The smallest absolute Gasteiger partial charge is 0.326 e. The zero-order valence-corrected chi connectivity index (χ0v) is 17.5.